The van der Waals surface area contributed by atoms with Crippen molar-refractivity contribution in [3.8, 4) is 0 Å². The van der Waals surface area contributed by atoms with Crippen LogP contribution in [0.1, 0.15) is 30.8 Å². The molecule has 1 aromatic heterocycles. The van der Waals surface area contributed by atoms with Gasteiger partial charge >= 0.3 is 0 Å². The second-order valence-corrected chi connectivity index (χ2v) is 7.51. The van der Waals surface area contributed by atoms with Crippen LogP contribution in [0, 0.1) is 0 Å². The Morgan fingerprint density at radius 2 is 1.68 bits per heavy atom. The molecule has 0 saturated carbocycles. The standard InChI is InChI=1S/C19H21N3O2S/c1-2-18(21-25(23,24)17-11-7-4-8-12-17)19-20-13-14-22(19)15-16-9-5-3-6-10-16/h3-14,18,21H,2,15H2,1H3. The lowest BCUT2D eigenvalue weighted by atomic mass is 10.2. The van der Waals surface area contributed by atoms with Crippen LogP contribution in [-0.4, -0.2) is 18.0 Å². The lowest BCUT2D eigenvalue weighted by molar-refractivity contribution is 0.522. The molecule has 1 unspecified atom stereocenters. The largest absolute Gasteiger partial charge is 0.329 e. The maximum atomic E-state index is 12.6. The van der Waals surface area contributed by atoms with Gasteiger partial charge in [0, 0.05) is 18.9 Å². The second-order valence-electron chi connectivity index (χ2n) is 5.79. The number of nitrogens with zero attached hydrogens (tertiary/aromatic N) is 2. The van der Waals surface area contributed by atoms with Crippen molar-refractivity contribution in [2.45, 2.75) is 30.8 Å². The van der Waals surface area contributed by atoms with E-state index >= 15 is 0 Å². The number of sulfonamides is 1. The third-order valence-electron chi connectivity index (χ3n) is 4.01. The van der Waals surface area contributed by atoms with Crippen LogP contribution in [-0.2, 0) is 16.6 Å². The summed E-state index contributed by atoms with van der Waals surface area (Å²) in [5.41, 5.74) is 1.14. The van der Waals surface area contributed by atoms with Gasteiger partial charge in [0.25, 0.3) is 0 Å². The predicted molar refractivity (Wildman–Crippen MR) is 97.6 cm³/mol. The van der Waals surface area contributed by atoms with Gasteiger partial charge in [-0.2, -0.15) is 0 Å². The fourth-order valence-electron chi connectivity index (χ4n) is 2.72. The van der Waals surface area contributed by atoms with Crippen molar-refractivity contribution in [1.82, 2.24) is 14.3 Å². The molecule has 0 bridgehead atoms. The number of imidazole rings is 1. The molecule has 0 aliphatic carbocycles. The van der Waals surface area contributed by atoms with Gasteiger partial charge in [-0.25, -0.2) is 18.1 Å². The summed E-state index contributed by atoms with van der Waals surface area (Å²) in [7, 11) is -3.59. The first-order valence-electron chi connectivity index (χ1n) is 8.22. The minimum atomic E-state index is -3.59. The molecule has 130 valence electrons. The van der Waals surface area contributed by atoms with Gasteiger partial charge in [0.05, 0.1) is 10.9 Å². The molecule has 1 heterocycles. The van der Waals surface area contributed by atoms with E-state index in [2.05, 4.69) is 9.71 Å². The lowest BCUT2D eigenvalue weighted by Gasteiger charge is -2.18. The zero-order valence-corrected chi connectivity index (χ0v) is 14.9. The smallest absolute Gasteiger partial charge is 0.241 e. The van der Waals surface area contributed by atoms with E-state index < -0.39 is 10.0 Å². The van der Waals surface area contributed by atoms with Crippen molar-refractivity contribution >= 4 is 10.0 Å². The molecule has 2 aromatic carbocycles. The van der Waals surface area contributed by atoms with Crippen LogP contribution in [0.2, 0.25) is 0 Å². The summed E-state index contributed by atoms with van der Waals surface area (Å²) >= 11 is 0. The Kier molecular flexibility index (Phi) is 5.31. The van der Waals surface area contributed by atoms with Crippen molar-refractivity contribution < 1.29 is 8.42 Å². The molecule has 0 radical (unpaired) electrons. The van der Waals surface area contributed by atoms with Crippen molar-refractivity contribution in [1.29, 1.82) is 0 Å². The zero-order valence-electron chi connectivity index (χ0n) is 14.0. The molecular weight excluding hydrogens is 334 g/mol. The number of hydrogen-bond acceptors (Lipinski definition) is 3. The SMILES string of the molecule is CCC(NS(=O)(=O)c1ccccc1)c1nccn1Cc1ccccc1. The van der Waals surface area contributed by atoms with E-state index in [1.54, 1.807) is 36.5 Å². The van der Waals surface area contributed by atoms with Crippen LogP contribution >= 0.6 is 0 Å². The van der Waals surface area contributed by atoms with E-state index in [1.807, 2.05) is 48.0 Å². The van der Waals surface area contributed by atoms with Crippen LogP contribution in [0.15, 0.2) is 78.0 Å². The third-order valence-corrected chi connectivity index (χ3v) is 5.50. The van der Waals surface area contributed by atoms with Crippen molar-refractivity contribution in [2.75, 3.05) is 0 Å². The Morgan fingerprint density at radius 3 is 2.32 bits per heavy atom. The van der Waals surface area contributed by atoms with E-state index in [9.17, 15) is 8.42 Å². The molecule has 1 atom stereocenters. The third kappa shape index (κ3) is 4.15. The predicted octanol–water partition coefficient (Wildman–Crippen LogP) is 3.36. The summed E-state index contributed by atoms with van der Waals surface area (Å²) in [6.45, 7) is 2.60. The average molecular weight is 355 g/mol. The number of hydrogen-bond donors (Lipinski definition) is 1. The van der Waals surface area contributed by atoms with Gasteiger partial charge in [0.15, 0.2) is 0 Å². The Hall–Kier alpha value is -2.44. The van der Waals surface area contributed by atoms with Gasteiger partial charge in [-0.1, -0.05) is 55.5 Å². The van der Waals surface area contributed by atoms with Gasteiger partial charge in [-0.05, 0) is 24.1 Å². The molecule has 5 nitrogen and oxygen atoms in total. The number of rotatable bonds is 7. The number of nitrogens with one attached hydrogen (secondary N) is 1. The summed E-state index contributed by atoms with van der Waals surface area (Å²) in [5.74, 6) is 0.714. The molecule has 0 amide bonds. The molecule has 0 fully saturated rings. The highest BCUT2D eigenvalue weighted by Gasteiger charge is 2.23. The normalized spacial score (nSPS) is 12.8. The highest BCUT2D eigenvalue weighted by atomic mass is 32.2. The number of benzene rings is 2. The maximum absolute atomic E-state index is 12.6. The fraction of sp³-hybridized carbons (Fsp3) is 0.211. The molecule has 3 aromatic rings. The van der Waals surface area contributed by atoms with Crippen molar-refractivity contribution in [2.24, 2.45) is 0 Å². The van der Waals surface area contributed by atoms with E-state index in [0.717, 1.165) is 5.56 Å². The monoisotopic (exact) mass is 355 g/mol. The molecule has 0 saturated heterocycles. The lowest BCUT2D eigenvalue weighted by Crippen LogP contribution is -2.30. The zero-order chi connectivity index (χ0) is 17.7. The Morgan fingerprint density at radius 1 is 1.04 bits per heavy atom. The minimum Gasteiger partial charge on any atom is -0.329 e. The van der Waals surface area contributed by atoms with Crippen LogP contribution in [0.5, 0.6) is 0 Å². The van der Waals surface area contributed by atoms with Gasteiger partial charge in [-0.3, -0.25) is 0 Å². The van der Waals surface area contributed by atoms with E-state index in [-0.39, 0.29) is 10.9 Å². The van der Waals surface area contributed by atoms with Gasteiger partial charge < -0.3 is 4.57 Å². The molecule has 3 rings (SSSR count). The molecule has 25 heavy (non-hydrogen) atoms. The molecule has 0 aliphatic heterocycles. The highest BCUT2D eigenvalue weighted by Crippen LogP contribution is 2.20. The van der Waals surface area contributed by atoms with Gasteiger partial charge in [-0.15, -0.1) is 0 Å². The van der Waals surface area contributed by atoms with E-state index in [4.69, 9.17) is 0 Å². The summed E-state index contributed by atoms with van der Waals surface area (Å²) in [6, 6.07) is 18.0. The van der Waals surface area contributed by atoms with Crippen molar-refractivity contribution in [3.63, 3.8) is 0 Å². The summed E-state index contributed by atoms with van der Waals surface area (Å²) in [6.07, 6.45) is 4.19. The summed E-state index contributed by atoms with van der Waals surface area (Å²) in [5, 5.41) is 0. The molecule has 0 spiro atoms. The van der Waals surface area contributed by atoms with E-state index in [1.165, 1.54) is 0 Å². The Labute approximate surface area is 148 Å². The van der Waals surface area contributed by atoms with E-state index in [0.29, 0.717) is 18.8 Å². The van der Waals surface area contributed by atoms with Crippen LogP contribution in [0.4, 0.5) is 0 Å². The fourth-order valence-corrected chi connectivity index (χ4v) is 4.02. The summed E-state index contributed by atoms with van der Waals surface area (Å²) < 4.78 is 30.0. The minimum absolute atomic E-state index is 0.259. The first-order valence-corrected chi connectivity index (χ1v) is 9.71. The summed E-state index contributed by atoms with van der Waals surface area (Å²) in [4.78, 5) is 4.66. The molecule has 6 heteroatoms. The van der Waals surface area contributed by atoms with Gasteiger partial charge in [0.2, 0.25) is 10.0 Å². The first-order chi connectivity index (χ1) is 12.1. The molecule has 0 aliphatic rings. The van der Waals surface area contributed by atoms with Crippen LogP contribution in [0.3, 0.4) is 0 Å². The average Bonchev–Trinajstić information content (AvgIpc) is 3.09. The first kappa shape index (κ1) is 17.4. The number of aromatic nitrogens is 2. The quantitative estimate of drug-likeness (QED) is 0.707. The van der Waals surface area contributed by atoms with Crippen LogP contribution < -0.4 is 4.72 Å². The highest BCUT2D eigenvalue weighted by molar-refractivity contribution is 7.89. The topological polar surface area (TPSA) is 64.0 Å². The maximum Gasteiger partial charge on any atom is 0.241 e. The molecular formula is C19H21N3O2S. The van der Waals surface area contributed by atoms with Gasteiger partial charge in [0.1, 0.15) is 5.82 Å². The Bertz CT molecular complexity index is 906. The molecule has 1 N–H and O–H groups in total. The Balaban J connectivity index is 1.84. The van der Waals surface area contributed by atoms with Crippen LogP contribution in [0.25, 0.3) is 0 Å². The van der Waals surface area contributed by atoms with Crippen molar-refractivity contribution in [3.05, 3.63) is 84.4 Å². The second kappa shape index (κ2) is 7.63.